The third-order valence-corrected chi connectivity index (χ3v) is 5.11. The molecule has 0 aliphatic carbocycles. The molecule has 1 unspecified atom stereocenters. The number of amides is 1. The molecule has 1 saturated heterocycles. The van der Waals surface area contributed by atoms with Gasteiger partial charge in [-0.2, -0.15) is 20.5 Å². The van der Waals surface area contributed by atoms with Gasteiger partial charge in [-0.1, -0.05) is 23.8 Å². The van der Waals surface area contributed by atoms with Gasteiger partial charge < -0.3 is 15.7 Å². The van der Waals surface area contributed by atoms with Crippen LogP contribution in [-0.4, -0.2) is 48.9 Å². The average molecular weight is 418 g/mol. The highest BCUT2D eigenvalue weighted by Crippen LogP contribution is 2.29. The van der Waals surface area contributed by atoms with Gasteiger partial charge in [0.2, 0.25) is 0 Å². The smallest absolute Gasteiger partial charge is 0.256 e. The van der Waals surface area contributed by atoms with Crippen molar-refractivity contribution in [3.05, 3.63) is 59.2 Å². The molecule has 1 atom stereocenters. The van der Waals surface area contributed by atoms with Crippen LogP contribution in [0.5, 0.6) is 0 Å². The third kappa shape index (κ3) is 5.97. The zero-order valence-electron chi connectivity index (χ0n) is 17.7. The van der Waals surface area contributed by atoms with E-state index >= 15 is 0 Å². The molecule has 0 spiro atoms. The summed E-state index contributed by atoms with van der Waals surface area (Å²) in [4.78, 5) is 15.4. The van der Waals surface area contributed by atoms with E-state index in [1.54, 1.807) is 0 Å². The molecule has 1 fully saturated rings. The van der Waals surface area contributed by atoms with Gasteiger partial charge in [-0.25, -0.2) is 0 Å². The van der Waals surface area contributed by atoms with Gasteiger partial charge in [0.05, 0.1) is 30.0 Å². The van der Waals surface area contributed by atoms with Gasteiger partial charge in [-0.15, -0.1) is 0 Å². The Morgan fingerprint density at radius 1 is 1.10 bits per heavy atom. The van der Waals surface area contributed by atoms with E-state index in [0.29, 0.717) is 17.8 Å². The number of rotatable bonds is 9. The number of carbonyl (C=O) groups is 1. The number of azo groups is 2. The first-order valence-corrected chi connectivity index (χ1v) is 10.4. The second kappa shape index (κ2) is 11.0. The second-order valence-electron chi connectivity index (χ2n) is 7.45. The number of hydrogen-bond acceptors (Lipinski definition) is 7. The summed E-state index contributed by atoms with van der Waals surface area (Å²) in [6, 6.07) is 13.5. The minimum atomic E-state index is -0.0307. The zero-order chi connectivity index (χ0) is 22.1. The Morgan fingerprint density at radius 2 is 1.87 bits per heavy atom. The molecule has 1 aliphatic heterocycles. The molecule has 2 aromatic carbocycles. The van der Waals surface area contributed by atoms with Gasteiger partial charge in [-0.05, 0) is 56.0 Å². The van der Waals surface area contributed by atoms with Gasteiger partial charge in [-0.3, -0.25) is 4.79 Å². The average Bonchev–Trinajstić information content (AvgIpc) is 3.23. The number of nitrogens with one attached hydrogen (secondary N) is 2. The maximum Gasteiger partial charge on any atom is 0.256 e. The van der Waals surface area contributed by atoms with Crippen LogP contribution >= 0.6 is 0 Å². The van der Waals surface area contributed by atoms with Gasteiger partial charge in [0.1, 0.15) is 0 Å². The molecule has 160 valence electrons. The summed E-state index contributed by atoms with van der Waals surface area (Å²) in [7, 11) is 0. The van der Waals surface area contributed by atoms with Crippen LogP contribution in [0.2, 0.25) is 0 Å². The molecule has 3 rings (SSSR count). The van der Waals surface area contributed by atoms with Crippen molar-refractivity contribution in [3.8, 4) is 0 Å². The Bertz CT molecular complexity index is 999. The van der Waals surface area contributed by atoms with Gasteiger partial charge >= 0.3 is 0 Å². The van der Waals surface area contributed by atoms with Crippen molar-refractivity contribution in [2.75, 3.05) is 19.6 Å². The first-order valence-electron chi connectivity index (χ1n) is 10.4. The summed E-state index contributed by atoms with van der Waals surface area (Å²) in [5.74, 6) is -0.0307. The van der Waals surface area contributed by atoms with Crippen LogP contribution in [0.1, 0.15) is 34.3 Å². The lowest BCUT2D eigenvalue weighted by atomic mass is 10.0. The summed E-state index contributed by atoms with van der Waals surface area (Å²) in [5, 5.41) is 30.4. The Balaban J connectivity index is 1.79. The SMILES string of the molecule is Cc1ccc(N=NCC=N)c(C(=O)N2CCCC2Cc2cccc(N=NCC=N)c2)c1. The van der Waals surface area contributed by atoms with Crippen LogP contribution in [-0.2, 0) is 6.42 Å². The maximum absolute atomic E-state index is 13.4. The highest BCUT2D eigenvalue weighted by atomic mass is 16.2. The number of aryl methyl sites for hydroxylation is 1. The zero-order valence-corrected chi connectivity index (χ0v) is 17.7. The first kappa shape index (κ1) is 22.1. The van der Waals surface area contributed by atoms with E-state index in [2.05, 4.69) is 20.5 Å². The highest BCUT2D eigenvalue weighted by Gasteiger charge is 2.30. The molecule has 2 aromatic rings. The molecule has 8 nitrogen and oxygen atoms in total. The van der Waals surface area contributed by atoms with Crippen molar-refractivity contribution >= 4 is 29.7 Å². The Kier molecular flexibility index (Phi) is 7.86. The minimum Gasteiger partial charge on any atom is -0.335 e. The van der Waals surface area contributed by atoms with Crippen molar-refractivity contribution < 1.29 is 4.79 Å². The molecule has 8 heteroatoms. The summed E-state index contributed by atoms with van der Waals surface area (Å²) in [6.07, 6.45) is 5.04. The molecule has 1 aliphatic rings. The fraction of sp³-hybridized carbons (Fsp3) is 0.348. The number of likely N-dealkylation sites (tertiary alicyclic amines) is 1. The molecule has 0 saturated carbocycles. The van der Waals surface area contributed by atoms with Crippen LogP contribution in [0.3, 0.4) is 0 Å². The predicted molar refractivity (Wildman–Crippen MR) is 122 cm³/mol. The summed E-state index contributed by atoms with van der Waals surface area (Å²) in [5.41, 5.74) is 3.94. The monoisotopic (exact) mass is 417 g/mol. The lowest BCUT2D eigenvalue weighted by molar-refractivity contribution is 0.0737. The number of benzene rings is 2. The first-order chi connectivity index (χ1) is 15.1. The van der Waals surface area contributed by atoms with Gasteiger partial charge in [0.25, 0.3) is 5.91 Å². The maximum atomic E-state index is 13.4. The van der Waals surface area contributed by atoms with Crippen LogP contribution in [0, 0.1) is 17.7 Å². The molecule has 1 heterocycles. The molecule has 0 bridgehead atoms. The Labute approximate surface area is 182 Å². The topological polar surface area (TPSA) is 117 Å². The summed E-state index contributed by atoms with van der Waals surface area (Å²) < 4.78 is 0. The van der Waals surface area contributed by atoms with E-state index in [9.17, 15) is 4.79 Å². The van der Waals surface area contributed by atoms with E-state index in [4.69, 9.17) is 10.8 Å². The molecule has 0 radical (unpaired) electrons. The van der Waals surface area contributed by atoms with E-state index in [0.717, 1.165) is 36.1 Å². The van der Waals surface area contributed by atoms with E-state index in [1.807, 2.05) is 54.3 Å². The minimum absolute atomic E-state index is 0.0307. The van der Waals surface area contributed by atoms with Gasteiger partial charge in [0.15, 0.2) is 0 Å². The van der Waals surface area contributed by atoms with Crippen molar-refractivity contribution in [1.29, 1.82) is 10.8 Å². The predicted octanol–water partition coefficient (Wildman–Crippen LogP) is 5.31. The summed E-state index contributed by atoms with van der Waals surface area (Å²) >= 11 is 0. The largest absolute Gasteiger partial charge is 0.335 e. The van der Waals surface area contributed by atoms with Gasteiger partial charge in [0, 0.05) is 25.0 Å². The quantitative estimate of drug-likeness (QED) is 0.417. The fourth-order valence-electron chi connectivity index (χ4n) is 3.72. The van der Waals surface area contributed by atoms with E-state index < -0.39 is 0 Å². The standard InChI is InChI=1S/C23H27N7O/c1-17-7-8-22(29-27-12-10-25)21(14-17)23(31)30-13-3-6-20(30)16-18-4-2-5-19(15-18)28-26-11-9-24/h2,4-5,7-10,14-15,20,24-25H,3,6,11-13,16H2,1H3. The van der Waals surface area contributed by atoms with E-state index in [-0.39, 0.29) is 25.0 Å². The fourth-order valence-corrected chi connectivity index (χ4v) is 3.72. The highest BCUT2D eigenvalue weighted by molar-refractivity contribution is 5.99. The number of carbonyl (C=O) groups excluding carboxylic acids is 1. The van der Waals surface area contributed by atoms with Crippen molar-refractivity contribution in [2.45, 2.75) is 32.2 Å². The van der Waals surface area contributed by atoms with E-state index in [1.165, 1.54) is 12.4 Å². The molecule has 1 amide bonds. The van der Waals surface area contributed by atoms with Crippen LogP contribution in [0.15, 0.2) is 62.9 Å². The third-order valence-electron chi connectivity index (χ3n) is 5.11. The lowest BCUT2D eigenvalue weighted by Gasteiger charge is -2.25. The molecule has 0 aromatic heterocycles. The summed E-state index contributed by atoms with van der Waals surface area (Å²) in [6.45, 7) is 3.13. The van der Waals surface area contributed by atoms with Crippen LogP contribution < -0.4 is 0 Å². The Morgan fingerprint density at radius 3 is 2.65 bits per heavy atom. The van der Waals surface area contributed by atoms with Crippen LogP contribution in [0.4, 0.5) is 11.4 Å². The van der Waals surface area contributed by atoms with Crippen molar-refractivity contribution in [2.24, 2.45) is 20.5 Å². The van der Waals surface area contributed by atoms with Crippen LogP contribution in [0.25, 0.3) is 0 Å². The normalized spacial score (nSPS) is 16.3. The van der Waals surface area contributed by atoms with Crippen molar-refractivity contribution in [1.82, 2.24) is 4.90 Å². The molecule has 2 N–H and O–H groups in total. The molecular weight excluding hydrogens is 390 g/mol. The number of hydrogen-bond donors (Lipinski definition) is 2. The number of nitrogens with zero attached hydrogens (tertiary/aromatic N) is 5. The van der Waals surface area contributed by atoms with Crippen molar-refractivity contribution in [3.63, 3.8) is 0 Å². The lowest BCUT2D eigenvalue weighted by Crippen LogP contribution is -2.36. The molecule has 31 heavy (non-hydrogen) atoms. The second-order valence-corrected chi connectivity index (χ2v) is 7.45. The Hall–Kier alpha value is -3.55. The molecular formula is C23H27N7O.